The molecule has 0 saturated carbocycles. The van der Waals surface area contributed by atoms with Gasteiger partial charge in [-0.25, -0.2) is 4.98 Å². The van der Waals surface area contributed by atoms with E-state index in [1.165, 1.54) is 0 Å². The SMILES string of the molecule is OCCOCCNCc1c(Cl)nc2sccn12. The molecular formula is C10H14ClN3O2S. The molecule has 7 heteroatoms. The largest absolute Gasteiger partial charge is 0.394 e. The number of ether oxygens (including phenoxy) is 1. The highest BCUT2D eigenvalue weighted by Gasteiger charge is 2.10. The molecule has 0 radical (unpaired) electrons. The second kappa shape index (κ2) is 6.32. The summed E-state index contributed by atoms with van der Waals surface area (Å²) in [5.41, 5.74) is 0.963. The molecule has 2 aromatic heterocycles. The van der Waals surface area contributed by atoms with Gasteiger partial charge >= 0.3 is 0 Å². The highest BCUT2D eigenvalue weighted by Crippen LogP contribution is 2.20. The third kappa shape index (κ3) is 3.17. The fourth-order valence-corrected chi connectivity index (χ4v) is 2.50. The van der Waals surface area contributed by atoms with Crippen LogP contribution in [-0.4, -0.2) is 40.9 Å². The molecule has 0 fully saturated rings. The Labute approximate surface area is 108 Å². The smallest absolute Gasteiger partial charge is 0.195 e. The van der Waals surface area contributed by atoms with Crippen molar-refractivity contribution in [3.63, 3.8) is 0 Å². The molecule has 0 saturated heterocycles. The van der Waals surface area contributed by atoms with Crippen LogP contribution in [0.2, 0.25) is 5.15 Å². The number of aliphatic hydroxyl groups excluding tert-OH is 1. The first-order chi connectivity index (χ1) is 8.33. The van der Waals surface area contributed by atoms with E-state index in [9.17, 15) is 0 Å². The van der Waals surface area contributed by atoms with Gasteiger partial charge in [0.05, 0.1) is 25.5 Å². The van der Waals surface area contributed by atoms with Crippen LogP contribution in [0.4, 0.5) is 0 Å². The Morgan fingerprint density at radius 2 is 2.41 bits per heavy atom. The normalized spacial score (nSPS) is 11.4. The van der Waals surface area contributed by atoms with Gasteiger partial charge in [-0.05, 0) is 0 Å². The highest BCUT2D eigenvalue weighted by molar-refractivity contribution is 7.15. The van der Waals surface area contributed by atoms with Crippen LogP contribution in [0.5, 0.6) is 0 Å². The summed E-state index contributed by atoms with van der Waals surface area (Å²) in [6, 6.07) is 0. The Hall–Kier alpha value is -0.660. The first-order valence-corrected chi connectivity index (χ1v) is 6.58. The van der Waals surface area contributed by atoms with E-state index < -0.39 is 0 Å². The molecule has 2 heterocycles. The summed E-state index contributed by atoms with van der Waals surface area (Å²) in [5.74, 6) is 0. The van der Waals surface area contributed by atoms with Gasteiger partial charge in [0.2, 0.25) is 0 Å². The van der Waals surface area contributed by atoms with Gasteiger partial charge < -0.3 is 15.2 Å². The lowest BCUT2D eigenvalue weighted by Crippen LogP contribution is -2.20. The molecule has 2 rings (SSSR count). The van der Waals surface area contributed by atoms with Crippen molar-refractivity contribution in [3.8, 4) is 0 Å². The molecule has 17 heavy (non-hydrogen) atoms. The van der Waals surface area contributed by atoms with E-state index in [4.69, 9.17) is 21.4 Å². The van der Waals surface area contributed by atoms with Crippen molar-refractivity contribution in [2.24, 2.45) is 0 Å². The summed E-state index contributed by atoms with van der Waals surface area (Å²) < 4.78 is 7.12. The van der Waals surface area contributed by atoms with Crippen LogP contribution in [0.3, 0.4) is 0 Å². The summed E-state index contributed by atoms with van der Waals surface area (Å²) in [5, 5.41) is 14.3. The molecule has 0 spiro atoms. The molecule has 0 atom stereocenters. The van der Waals surface area contributed by atoms with Crippen LogP contribution in [0, 0.1) is 0 Å². The number of rotatable bonds is 7. The summed E-state index contributed by atoms with van der Waals surface area (Å²) in [7, 11) is 0. The number of aromatic nitrogens is 2. The van der Waals surface area contributed by atoms with E-state index >= 15 is 0 Å². The van der Waals surface area contributed by atoms with E-state index in [-0.39, 0.29) is 6.61 Å². The fraction of sp³-hybridized carbons (Fsp3) is 0.500. The Morgan fingerprint density at radius 1 is 1.53 bits per heavy atom. The van der Waals surface area contributed by atoms with Gasteiger partial charge in [0.15, 0.2) is 10.1 Å². The lowest BCUT2D eigenvalue weighted by atomic mass is 10.4. The third-order valence-corrected chi connectivity index (χ3v) is 3.32. The van der Waals surface area contributed by atoms with Crippen molar-refractivity contribution in [2.75, 3.05) is 26.4 Å². The number of thiazole rings is 1. The highest BCUT2D eigenvalue weighted by atomic mass is 35.5. The van der Waals surface area contributed by atoms with Crippen LogP contribution >= 0.6 is 22.9 Å². The molecule has 0 aliphatic rings. The number of hydrogen-bond donors (Lipinski definition) is 2. The third-order valence-electron chi connectivity index (χ3n) is 2.26. The van der Waals surface area contributed by atoms with E-state index in [0.717, 1.165) is 10.7 Å². The summed E-state index contributed by atoms with van der Waals surface area (Å²) in [6.45, 7) is 2.38. The number of imidazole rings is 1. The number of aliphatic hydroxyl groups is 1. The lowest BCUT2D eigenvalue weighted by Gasteiger charge is -2.05. The average molecular weight is 276 g/mol. The minimum absolute atomic E-state index is 0.0595. The fourth-order valence-electron chi connectivity index (χ4n) is 1.48. The monoisotopic (exact) mass is 275 g/mol. The van der Waals surface area contributed by atoms with Crippen LogP contribution in [0.15, 0.2) is 11.6 Å². The molecule has 94 valence electrons. The van der Waals surface area contributed by atoms with Crippen molar-refractivity contribution in [2.45, 2.75) is 6.54 Å². The molecule has 0 bridgehead atoms. The quantitative estimate of drug-likeness (QED) is 0.744. The molecule has 0 aliphatic carbocycles. The molecule has 0 unspecified atom stereocenters. The van der Waals surface area contributed by atoms with Gasteiger partial charge in [-0.15, -0.1) is 11.3 Å². The first-order valence-electron chi connectivity index (χ1n) is 5.32. The van der Waals surface area contributed by atoms with Gasteiger partial charge in [0.1, 0.15) is 0 Å². The Kier molecular flexibility index (Phi) is 4.75. The lowest BCUT2D eigenvalue weighted by molar-refractivity contribution is 0.0937. The van der Waals surface area contributed by atoms with Gasteiger partial charge in [-0.3, -0.25) is 4.40 Å². The standard InChI is InChI=1S/C10H14ClN3O2S/c11-9-8(7-12-1-4-16-5-3-15)14-2-6-17-10(14)13-9/h2,6,12,15H,1,3-5,7H2. The zero-order valence-corrected chi connectivity index (χ0v) is 10.8. The summed E-state index contributed by atoms with van der Waals surface area (Å²) in [4.78, 5) is 5.15. The van der Waals surface area contributed by atoms with Crippen molar-refractivity contribution in [1.29, 1.82) is 0 Å². The number of nitrogens with one attached hydrogen (secondary N) is 1. The number of halogens is 1. The molecule has 5 nitrogen and oxygen atoms in total. The van der Waals surface area contributed by atoms with Crippen molar-refractivity contribution < 1.29 is 9.84 Å². The molecule has 0 amide bonds. The van der Waals surface area contributed by atoms with Crippen molar-refractivity contribution in [1.82, 2.24) is 14.7 Å². The van der Waals surface area contributed by atoms with Crippen LogP contribution in [0.25, 0.3) is 4.96 Å². The van der Waals surface area contributed by atoms with E-state index in [2.05, 4.69) is 10.3 Å². The second-order valence-corrected chi connectivity index (χ2v) is 4.65. The topological polar surface area (TPSA) is 58.8 Å². The van der Waals surface area contributed by atoms with Crippen molar-refractivity contribution >= 4 is 27.9 Å². The molecule has 0 aliphatic heterocycles. The van der Waals surface area contributed by atoms with Crippen LogP contribution < -0.4 is 5.32 Å². The number of nitrogens with zero attached hydrogens (tertiary/aromatic N) is 2. The molecule has 0 aromatic carbocycles. The van der Waals surface area contributed by atoms with Gasteiger partial charge in [0, 0.05) is 24.7 Å². The summed E-state index contributed by atoms with van der Waals surface area (Å²) in [6.07, 6.45) is 1.96. The second-order valence-electron chi connectivity index (χ2n) is 3.42. The van der Waals surface area contributed by atoms with E-state index in [1.54, 1.807) is 11.3 Å². The minimum atomic E-state index is 0.0595. The molecule has 2 N–H and O–H groups in total. The maximum absolute atomic E-state index is 8.53. The Morgan fingerprint density at radius 3 is 3.24 bits per heavy atom. The minimum Gasteiger partial charge on any atom is -0.394 e. The molecular weight excluding hydrogens is 262 g/mol. The van der Waals surface area contributed by atoms with Crippen LogP contribution in [-0.2, 0) is 11.3 Å². The maximum atomic E-state index is 8.53. The molecule has 2 aromatic rings. The Bertz CT molecular complexity index is 471. The number of hydrogen-bond acceptors (Lipinski definition) is 5. The first kappa shape index (κ1) is 12.8. The van der Waals surface area contributed by atoms with Gasteiger partial charge in [0.25, 0.3) is 0 Å². The predicted molar refractivity (Wildman–Crippen MR) is 67.7 cm³/mol. The zero-order valence-electron chi connectivity index (χ0n) is 9.23. The van der Waals surface area contributed by atoms with Crippen molar-refractivity contribution in [3.05, 3.63) is 22.4 Å². The average Bonchev–Trinajstić information content (AvgIpc) is 2.85. The van der Waals surface area contributed by atoms with Gasteiger partial charge in [-0.1, -0.05) is 11.6 Å². The van der Waals surface area contributed by atoms with Gasteiger partial charge in [-0.2, -0.15) is 0 Å². The summed E-state index contributed by atoms with van der Waals surface area (Å²) >= 11 is 7.60. The number of fused-ring (bicyclic) bond motifs is 1. The maximum Gasteiger partial charge on any atom is 0.195 e. The zero-order chi connectivity index (χ0) is 12.1. The van der Waals surface area contributed by atoms with E-state index in [0.29, 0.717) is 31.5 Å². The Balaban J connectivity index is 1.82. The predicted octanol–water partition coefficient (Wildman–Crippen LogP) is 1.15. The van der Waals surface area contributed by atoms with E-state index in [1.807, 2.05) is 16.0 Å². The van der Waals surface area contributed by atoms with Crippen LogP contribution in [0.1, 0.15) is 5.69 Å².